The van der Waals surface area contributed by atoms with Crippen molar-refractivity contribution >= 4 is 33.1 Å². The first kappa shape index (κ1) is 21.0. The molecule has 0 aliphatic carbocycles. The van der Waals surface area contributed by atoms with Gasteiger partial charge in [0.2, 0.25) is 5.91 Å². The molecule has 154 valence electrons. The lowest BCUT2D eigenvalue weighted by Gasteiger charge is -2.15. The molecule has 1 N–H and O–H groups in total. The highest BCUT2D eigenvalue weighted by Gasteiger charge is 2.17. The van der Waals surface area contributed by atoms with E-state index in [0.717, 1.165) is 17.7 Å². The van der Waals surface area contributed by atoms with Gasteiger partial charge in [-0.25, -0.2) is 4.79 Å². The number of nitrogens with one attached hydrogen (secondary N) is 1. The molecule has 0 saturated heterocycles. The second kappa shape index (κ2) is 8.78. The first-order chi connectivity index (χ1) is 13.8. The minimum atomic E-state index is -0.436. The summed E-state index contributed by atoms with van der Waals surface area (Å²) >= 11 is 1.30. The lowest BCUT2D eigenvalue weighted by Crippen LogP contribution is -2.41. The Morgan fingerprint density at radius 2 is 1.79 bits per heavy atom. The highest BCUT2D eigenvalue weighted by Crippen LogP contribution is 2.23. The Labute approximate surface area is 173 Å². The van der Waals surface area contributed by atoms with Crippen molar-refractivity contribution in [2.24, 2.45) is 5.92 Å². The molecule has 7 heteroatoms. The quantitative estimate of drug-likeness (QED) is 0.635. The molecular weight excluding hydrogens is 386 g/mol. The van der Waals surface area contributed by atoms with E-state index >= 15 is 0 Å². The summed E-state index contributed by atoms with van der Waals surface area (Å²) < 4.78 is 3.17. The lowest BCUT2D eigenvalue weighted by atomic mass is 10.0. The molecule has 3 rings (SSSR count). The number of benzene rings is 1. The number of amides is 1. The molecule has 1 amide bonds. The number of thiophene rings is 1. The number of fused-ring (bicyclic) bond motifs is 1. The molecule has 0 atom stereocenters. The van der Waals surface area contributed by atoms with Crippen molar-refractivity contribution in [3.63, 3.8) is 0 Å². The van der Waals surface area contributed by atoms with Crippen LogP contribution in [-0.2, 0) is 17.9 Å². The number of nitrogens with zero attached hydrogens (tertiary/aromatic N) is 2. The molecule has 6 nitrogen and oxygen atoms in total. The van der Waals surface area contributed by atoms with Gasteiger partial charge in [0.15, 0.2) is 0 Å². The Kier molecular flexibility index (Phi) is 6.37. The van der Waals surface area contributed by atoms with Crippen molar-refractivity contribution in [1.82, 2.24) is 9.13 Å². The van der Waals surface area contributed by atoms with Gasteiger partial charge in [0, 0.05) is 12.2 Å². The van der Waals surface area contributed by atoms with Crippen molar-refractivity contribution < 1.29 is 4.79 Å². The summed E-state index contributed by atoms with van der Waals surface area (Å²) in [6.45, 7) is 8.44. The van der Waals surface area contributed by atoms with Crippen LogP contribution in [0.15, 0.2) is 45.3 Å². The molecule has 2 heterocycles. The predicted molar refractivity (Wildman–Crippen MR) is 119 cm³/mol. The molecule has 0 aliphatic rings. The van der Waals surface area contributed by atoms with E-state index in [2.05, 4.69) is 19.2 Å². The summed E-state index contributed by atoms with van der Waals surface area (Å²) in [7, 11) is 0. The minimum Gasteiger partial charge on any atom is -0.324 e. The van der Waals surface area contributed by atoms with Crippen molar-refractivity contribution in [3.8, 4) is 0 Å². The highest BCUT2D eigenvalue weighted by molar-refractivity contribution is 7.17. The summed E-state index contributed by atoms with van der Waals surface area (Å²) in [5.74, 6) is 0.335. The number of aromatic nitrogens is 2. The van der Waals surface area contributed by atoms with Crippen LogP contribution in [0.5, 0.6) is 0 Å². The van der Waals surface area contributed by atoms with E-state index in [1.165, 1.54) is 20.5 Å². The average Bonchev–Trinajstić information content (AvgIpc) is 3.15. The molecule has 0 radical (unpaired) electrons. The molecule has 0 bridgehead atoms. The normalized spacial score (nSPS) is 11.5. The van der Waals surface area contributed by atoms with Crippen LogP contribution in [0, 0.1) is 5.92 Å². The fourth-order valence-corrected chi connectivity index (χ4v) is 4.16. The molecule has 0 saturated carbocycles. The maximum Gasteiger partial charge on any atom is 0.332 e. The van der Waals surface area contributed by atoms with E-state index < -0.39 is 5.69 Å². The minimum absolute atomic E-state index is 0.138. The van der Waals surface area contributed by atoms with Crippen molar-refractivity contribution in [2.45, 2.75) is 53.1 Å². The SMILES string of the molecule is CC(C)CCn1c(=O)c2sccc2n(CC(=O)Nc2ccccc2C(C)C)c1=O. The fraction of sp³-hybridized carbons (Fsp3) is 0.409. The van der Waals surface area contributed by atoms with E-state index in [1.54, 1.807) is 11.4 Å². The van der Waals surface area contributed by atoms with Crippen LogP contribution < -0.4 is 16.6 Å². The summed E-state index contributed by atoms with van der Waals surface area (Å²) in [5, 5.41) is 4.70. The van der Waals surface area contributed by atoms with Crippen LogP contribution in [-0.4, -0.2) is 15.0 Å². The Morgan fingerprint density at radius 1 is 1.07 bits per heavy atom. The van der Waals surface area contributed by atoms with E-state index in [4.69, 9.17) is 0 Å². The summed E-state index contributed by atoms with van der Waals surface area (Å²) in [5.41, 5.74) is 1.58. The summed E-state index contributed by atoms with van der Waals surface area (Å²) in [4.78, 5) is 38.5. The Bertz CT molecular complexity index is 1140. The van der Waals surface area contributed by atoms with Gasteiger partial charge in [-0.15, -0.1) is 11.3 Å². The van der Waals surface area contributed by atoms with Crippen LogP contribution in [0.4, 0.5) is 5.69 Å². The lowest BCUT2D eigenvalue weighted by molar-refractivity contribution is -0.116. The van der Waals surface area contributed by atoms with Crippen LogP contribution >= 0.6 is 11.3 Å². The van der Waals surface area contributed by atoms with E-state index in [0.29, 0.717) is 22.7 Å². The van der Waals surface area contributed by atoms with Crippen LogP contribution in [0.25, 0.3) is 10.2 Å². The first-order valence-corrected chi connectivity index (χ1v) is 10.8. The van der Waals surface area contributed by atoms with Gasteiger partial charge in [-0.3, -0.25) is 18.7 Å². The molecule has 2 aromatic heterocycles. The third-order valence-electron chi connectivity index (χ3n) is 4.93. The fourth-order valence-electron chi connectivity index (χ4n) is 3.32. The molecule has 29 heavy (non-hydrogen) atoms. The van der Waals surface area contributed by atoms with Crippen LogP contribution in [0.2, 0.25) is 0 Å². The summed E-state index contributed by atoms with van der Waals surface area (Å²) in [6.07, 6.45) is 0.722. The molecule has 3 aromatic rings. The van der Waals surface area contributed by atoms with Gasteiger partial charge < -0.3 is 5.32 Å². The molecular formula is C22H27N3O3S. The van der Waals surface area contributed by atoms with Gasteiger partial charge in [-0.05, 0) is 41.3 Å². The standard InChI is InChI=1S/C22H27N3O3S/c1-14(2)9-11-24-21(27)20-18(10-12-29-20)25(22(24)28)13-19(26)23-17-8-6-5-7-16(17)15(3)4/h5-8,10,12,14-15H,9,11,13H2,1-4H3,(H,23,26). The zero-order chi connectivity index (χ0) is 21.1. The highest BCUT2D eigenvalue weighted by atomic mass is 32.1. The van der Waals surface area contributed by atoms with Crippen molar-refractivity contribution in [3.05, 3.63) is 62.1 Å². The Hall–Kier alpha value is -2.67. The molecule has 0 unspecified atom stereocenters. The molecule has 0 aliphatic heterocycles. The number of anilines is 1. The first-order valence-electron chi connectivity index (χ1n) is 9.89. The second-order valence-corrected chi connectivity index (χ2v) is 8.85. The molecule has 1 aromatic carbocycles. The van der Waals surface area contributed by atoms with Crippen molar-refractivity contribution in [1.29, 1.82) is 0 Å². The number of rotatable bonds is 7. The van der Waals surface area contributed by atoms with Crippen molar-refractivity contribution in [2.75, 3.05) is 5.32 Å². The number of carbonyl (C=O) groups is 1. The largest absolute Gasteiger partial charge is 0.332 e. The van der Waals surface area contributed by atoms with Crippen LogP contribution in [0.3, 0.4) is 0 Å². The third-order valence-corrected chi connectivity index (χ3v) is 5.82. The second-order valence-electron chi connectivity index (χ2n) is 7.93. The topological polar surface area (TPSA) is 73.1 Å². The zero-order valence-electron chi connectivity index (χ0n) is 17.3. The predicted octanol–water partition coefficient (Wildman–Crippen LogP) is 4.03. The molecule has 0 spiro atoms. The van der Waals surface area contributed by atoms with Gasteiger partial charge >= 0.3 is 5.69 Å². The smallest absolute Gasteiger partial charge is 0.324 e. The monoisotopic (exact) mass is 413 g/mol. The van der Waals surface area contributed by atoms with Gasteiger partial charge in [0.25, 0.3) is 5.56 Å². The maximum absolute atomic E-state index is 13.0. The number of hydrogen-bond acceptors (Lipinski definition) is 4. The van der Waals surface area contributed by atoms with Gasteiger partial charge in [-0.2, -0.15) is 0 Å². The van der Waals surface area contributed by atoms with E-state index in [-0.39, 0.29) is 23.9 Å². The third kappa shape index (κ3) is 4.50. The number of hydrogen-bond donors (Lipinski definition) is 1. The van der Waals surface area contributed by atoms with Gasteiger partial charge in [0.05, 0.1) is 5.52 Å². The Morgan fingerprint density at radius 3 is 2.48 bits per heavy atom. The summed E-state index contributed by atoms with van der Waals surface area (Å²) in [6, 6.07) is 9.38. The van der Waals surface area contributed by atoms with Crippen LogP contribution in [0.1, 0.15) is 45.6 Å². The van der Waals surface area contributed by atoms with Gasteiger partial charge in [0.1, 0.15) is 11.2 Å². The Balaban J connectivity index is 1.96. The maximum atomic E-state index is 13.0. The zero-order valence-corrected chi connectivity index (χ0v) is 18.1. The van der Waals surface area contributed by atoms with E-state index in [1.807, 2.05) is 38.1 Å². The van der Waals surface area contributed by atoms with Gasteiger partial charge in [-0.1, -0.05) is 45.9 Å². The molecule has 0 fully saturated rings. The average molecular weight is 414 g/mol. The van der Waals surface area contributed by atoms with E-state index in [9.17, 15) is 14.4 Å². The number of para-hydroxylation sites is 1. The number of carbonyl (C=O) groups excluding carboxylic acids is 1.